The molecule has 2 fully saturated rings. The van der Waals surface area contributed by atoms with Crippen molar-refractivity contribution in [1.82, 2.24) is 20.4 Å². The van der Waals surface area contributed by atoms with Crippen LogP contribution in [0.5, 0.6) is 5.75 Å². The molecule has 1 aromatic heterocycles. The van der Waals surface area contributed by atoms with Crippen LogP contribution in [0.1, 0.15) is 22.1 Å². The smallest absolute Gasteiger partial charge is 0.275 e. The van der Waals surface area contributed by atoms with Gasteiger partial charge in [-0.2, -0.15) is 5.10 Å². The number of H-pyrrole nitrogens is 1. The number of amides is 1. The Morgan fingerprint density at radius 1 is 1.15 bits per heavy atom. The Balaban J connectivity index is 1.53. The molecule has 0 aliphatic carbocycles. The van der Waals surface area contributed by atoms with Crippen molar-refractivity contribution in [2.75, 3.05) is 26.7 Å². The minimum atomic E-state index is 0.00247. The number of carbonyl (C=O) groups excluding carboxylic acids is 1. The van der Waals surface area contributed by atoms with Gasteiger partial charge in [-0.1, -0.05) is 30.3 Å². The fourth-order valence-electron chi connectivity index (χ4n) is 4.62. The molecule has 0 radical (unpaired) electrons. The Morgan fingerprint density at radius 3 is 2.78 bits per heavy atom. The van der Waals surface area contributed by atoms with E-state index in [-0.39, 0.29) is 11.9 Å². The van der Waals surface area contributed by atoms with E-state index in [9.17, 15) is 4.79 Å². The van der Waals surface area contributed by atoms with E-state index >= 15 is 0 Å². The van der Waals surface area contributed by atoms with E-state index < -0.39 is 0 Å². The number of hydrogen-bond acceptors (Lipinski definition) is 4. The minimum absolute atomic E-state index is 0.00247. The lowest BCUT2D eigenvalue weighted by Crippen LogP contribution is -2.35. The maximum absolute atomic E-state index is 13.5. The fourth-order valence-corrected chi connectivity index (χ4v) is 4.62. The van der Waals surface area contributed by atoms with Gasteiger partial charge in [-0.15, -0.1) is 0 Å². The summed E-state index contributed by atoms with van der Waals surface area (Å²) in [7, 11) is 1.67. The maximum atomic E-state index is 13.5. The third-order valence-electron chi connectivity index (χ3n) is 5.96. The maximum Gasteiger partial charge on any atom is 0.275 e. The van der Waals surface area contributed by atoms with Gasteiger partial charge < -0.3 is 15.0 Å². The Bertz CT molecular complexity index is 981. The third kappa shape index (κ3) is 2.59. The number of ether oxygens (including phenoxy) is 1. The molecule has 2 saturated heterocycles. The number of rotatable bonds is 3. The monoisotopic (exact) mass is 362 g/mol. The third-order valence-corrected chi connectivity index (χ3v) is 5.96. The second-order valence-corrected chi connectivity index (χ2v) is 7.38. The largest absolute Gasteiger partial charge is 0.497 e. The summed E-state index contributed by atoms with van der Waals surface area (Å²) >= 11 is 0. The lowest BCUT2D eigenvalue weighted by Gasteiger charge is -2.28. The Hall–Kier alpha value is -2.86. The van der Waals surface area contributed by atoms with Crippen LogP contribution >= 0.6 is 0 Å². The van der Waals surface area contributed by atoms with Crippen LogP contribution in [0.2, 0.25) is 0 Å². The highest BCUT2D eigenvalue weighted by atomic mass is 16.5. The van der Waals surface area contributed by atoms with Crippen LogP contribution < -0.4 is 10.1 Å². The van der Waals surface area contributed by atoms with Crippen molar-refractivity contribution in [2.24, 2.45) is 11.8 Å². The molecule has 2 aliphatic rings. The number of aromatic nitrogens is 2. The van der Waals surface area contributed by atoms with Gasteiger partial charge >= 0.3 is 0 Å². The highest BCUT2D eigenvalue weighted by Gasteiger charge is 2.47. The molecule has 0 spiro atoms. The predicted molar refractivity (Wildman–Crippen MR) is 103 cm³/mol. The number of benzene rings is 2. The fraction of sp³-hybridized carbons (Fsp3) is 0.333. The molecule has 0 bridgehead atoms. The Kier molecular flexibility index (Phi) is 3.86. The SMILES string of the molecule is COc1ccc([C@H]2[C@H]3CNC[C@H]3CN2C(=O)c2n[nH]c3ccccc23)cc1. The number of nitrogens with zero attached hydrogens (tertiary/aromatic N) is 2. The molecule has 3 aromatic rings. The van der Waals surface area contributed by atoms with Crippen LogP contribution in [0, 0.1) is 11.8 Å². The number of nitrogens with one attached hydrogen (secondary N) is 2. The Labute approximate surface area is 157 Å². The molecule has 3 atom stereocenters. The number of para-hydroxylation sites is 1. The summed E-state index contributed by atoms with van der Waals surface area (Å²) in [4.78, 5) is 15.5. The van der Waals surface area contributed by atoms with Gasteiger partial charge in [0.25, 0.3) is 5.91 Å². The number of methoxy groups -OCH3 is 1. The summed E-state index contributed by atoms with van der Waals surface area (Å²) in [6.45, 7) is 2.66. The van der Waals surface area contributed by atoms with E-state index in [4.69, 9.17) is 4.74 Å². The zero-order valence-electron chi connectivity index (χ0n) is 15.2. The summed E-state index contributed by atoms with van der Waals surface area (Å²) in [6, 6.07) is 15.9. The van der Waals surface area contributed by atoms with Gasteiger partial charge in [0, 0.05) is 30.9 Å². The van der Waals surface area contributed by atoms with Gasteiger partial charge in [-0.25, -0.2) is 0 Å². The van der Waals surface area contributed by atoms with Crippen molar-refractivity contribution in [1.29, 1.82) is 0 Å². The van der Waals surface area contributed by atoms with Crippen molar-refractivity contribution in [3.05, 3.63) is 59.8 Å². The van der Waals surface area contributed by atoms with Crippen LogP contribution in [0.3, 0.4) is 0 Å². The van der Waals surface area contributed by atoms with E-state index in [0.717, 1.165) is 41.9 Å². The van der Waals surface area contributed by atoms with Crippen molar-refractivity contribution < 1.29 is 9.53 Å². The summed E-state index contributed by atoms with van der Waals surface area (Å²) in [5, 5.41) is 11.7. The molecular weight excluding hydrogens is 340 g/mol. The molecule has 2 N–H and O–H groups in total. The number of hydrogen-bond donors (Lipinski definition) is 2. The Morgan fingerprint density at radius 2 is 1.96 bits per heavy atom. The summed E-state index contributed by atoms with van der Waals surface area (Å²) in [5.41, 5.74) is 2.56. The van der Waals surface area contributed by atoms with E-state index in [1.807, 2.05) is 41.3 Å². The number of likely N-dealkylation sites (tertiary alicyclic amines) is 1. The topological polar surface area (TPSA) is 70.2 Å². The van der Waals surface area contributed by atoms with Crippen molar-refractivity contribution in [2.45, 2.75) is 6.04 Å². The second-order valence-electron chi connectivity index (χ2n) is 7.38. The van der Waals surface area contributed by atoms with E-state index in [2.05, 4.69) is 27.6 Å². The van der Waals surface area contributed by atoms with Gasteiger partial charge in [-0.05, 0) is 29.7 Å². The zero-order chi connectivity index (χ0) is 18.4. The molecule has 138 valence electrons. The molecule has 2 aliphatic heterocycles. The molecule has 2 aromatic carbocycles. The van der Waals surface area contributed by atoms with Gasteiger partial charge in [-0.3, -0.25) is 9.89 Å². The molecule has 3 heterocycles. The highest BCUT2D eigenvalue weighted by Crippen LogP contribution is 2.43. The highest BCUT2D eigenvalue weighted by molar-refractivity contribution is 6.04. The molecular formula is C21H22N4O2. The molecule has 6 nitrogen and oxygen atoms in total. The van der Waals surface area contributed by atoms with Gasteiger partial charge in [0.1, 0.15) is 5.75 Å². The molecule has 27 heavy (non-hydrogen) atoms. The quantitative estimate of drug-likeness (QED) is 0.751. The normalized spacial score (nSPS) is 24.3. The van der Waals surface area contributed by atoms with Crippen LogP contribution in [0.15, 0.2) is 48.5 Å². The average molecular weight is 362 g/mol. The summed E-state index contributed by atoms with van der Waals surface area (Å²) in [6.07, 6.45) is 0. The van der Waals surface area contributed by atoms with Crippen molar-refractivity contribution >= 4 is 16.8 Å². The van der Waals surface area contributed by atoms with E-state index in [1.54, 1.807) is 7.11 Å². The lowest BCUT2D eigenvalue weighted by atomic mass is 9.89. The number of fused-ring (bicyclic) bond motifs is 2. The van der Waals surface area contributed by atoms with E-state index in [0.29, 0.717) is 17.5 Å². The first kappa shape index (κ1) is 16.3. The molecule has 5 rings (SSSR count). The van der Waals surface area contributed by atoms with Crippen molar-refractivity contribution in [3.8, 4) is 5.75 Å². The number of carbonyl (C=O) groups is 1. The molecule has 0 unspecified atom stereocenters. The van der Waals surface area contributed by atoms with Crippen LogP contribution in [-0.2, 0) is 0 Å². The summed E-state index contributed by atoms with van der Waals surface area (Å²) < 4.78 is 5.29. The lowest BCUT2D eigenvalue weighted by molar-refractivity contribution is 0.0710. The van der Waals surface area contributed by atoms with E-state index in [1.165, 1.54) is 0 Å². The molecule has 6 heteroatoms. The van der Waals surface area contributed by atoms with Crippen molar-refractivity contribution in [3.63, 3.8) is 0 Å². The van der Waals surface area contributed by atoms with Gasteiger partial charge in [0.15, 0.2) is 5.69 Å². The standard InChI is InChI=1S/C21H22N4O2/c1-27-15-8-6-13(7-9-15)20-17-11-22-10-14(17)12-25(20)21(26)19-16-4-2-3-5-18(16)23-24-19/h2-9,14,17,20,22H,10-12H2,1H3,(H,23,24)/t14-,17-,20-/m0/s1. The first-order chi connectivity index (χ1) is 13.3. The minimum Gasteiger partial charge on any atom is -0.497 e. The van der Waals surface area contributed by atoms with Crippen LogP contribution in [-0.4, -0.2) is 47.7 Å². The zero-order valence-corrected chi connectivity index (χ0v) is 15.2. The summed E-state index contributed by atoms with van der Waals surface area (Å²) in [5.74, 6) is 1.73. The predicted octanol–water partition coefficient (Wildman–Crippen LogP) is 2.60. The average Bonchev–Trinajstić information content (AvgIpc) is 3.41. The first-order valence-corrected chi connectivity index (χ1v) is 9.35. The van der Waals surface area contributed by atoms with Crippen LogP contribution in [0.25, 0.3) is 10.9 Å². The second kappa shape index (κ2) is 6.39. The number of aromatic amines is 1. The van der Waals surface area contributed by atoms with Gasteiger partial charge in [0.2, 0.25) is 0 Å². The molecule has 0 saturated carbocycles. The first-order valence-electron chi connectivity index (χ1n) is 9.35. The molecule has 1 amide bonds. The van der Waals surface area contributed by atoms with Crippen LogP contribution in [0.4, 0.5) is 0 Å². The van der Waals surface area contributed by atoms with Gasteiger partial charge in [0.05, 0.1) is 18.7 Å².